The van der Waals surface area contributed by atoms with Gasteiger partial charge < -0.3 is 4.57 Å². The van der Waals surface area contributed by atoms with Crippen molar-refractivity contribution in [3.63, 3.8) is 0 Å². The van der Waals surface area contributed by atoms with Crippen LogP contribution in [0, 0.1) is 5.82 Å². The van der Waals surface area contributed by atoms with Crippen molar-refractivity contribution in [3.8, 4) is 5.69 Å². The molecule has 5 heteroatoms. The van der Waals surface area contributed by atoms with E-state index in [0.29, 0.717) is 12.1 Å². The van der Waals surface area contributed by atoms with Gasteiger partial charge in [0.15, 0.2) is 0 Å². The zero-order chi connectivity index (χ0) is 16.1. The summed E-state index contributed by atoms with van der Waals surface area (Å²) in [6.45, 7) is 0.328. The summed E-state index contributed by atoms with van der Waals surface area (Å²) in [5.74, 6) is -0.216. The minimum atomic E-state index is -0.216. The first-order chi connectivity index (χ1) is 11.8. The van der Waals surface area contributed by atoms with Crippen LogP contribution in [-0.4, -0.2) is 15.3 Å². The fourth-order valence-electron chi connectivity index (χ4n) is 3.20. The van der Waals surface area contributed by atoms with Crippen LogP contribution in [0.5, 0.6) is 0 Å². The van der Waals surface area contributed by atoms with Crippen LogP contribution in [0.15, 0.2) is 65.2 Å². The second-order valence-corrected chi connectivity index (χ2v) is 6.59. The fraction of sp³-hybridized carbons (Fsp3) is 0.0526. The van der Waals surface area contributed by atoms with Gasteiger partial charge in [-0.1, -0.05) is 12.1 Å². The molecule has 3 nitrogen and oxygen atoms in total. The minimum absolute atomic E-state index is 0.216. The van der Waals surface area contributed by atoms with Crippen molar-refractivity contribution in [2.75, 3.05) is 0 Å². The van der Waals surface area contributed by atoms with Crippen molar-refractivity contribution in [2.45, 2.75) is 6.54 Å². The molecule has 0 aliphatic carbocycles. The summed E-state index contributed by atoms with van der Waals surface area (Å²) in [5.41, 5.74) is 7.12. The Labute approximate surface area is 141 Å². The lowest BCUT2D eigenvalue weighted by Crippen LogP contribution is -2.08. The van der Waals surface area contributed by atoms with Gasteiger partial charge in [0.2, 0.25) is 0 Å². The molecule has 2 aromatic heterocycles. The monoisotopic (exact) mass is 333 g/mol. The third-order valence-corrected chi connectivity index (χ3v) is 5.15. The fourth-order valence-corrected chi connectivity index (χ4v) is 3.86. The molecule has 0 saturated carbocycles. The van der Waals surface area contributed by atoms with Gasteiger partial charge in [-0.2, -0.15) is 0 Å². The molecule has 0 saturated heterocycles. The third kappa shape index (κ3) is 1.95. The maximum Gasteiger partial charge on any atom is 0.130 e. The molecular formula is C19H12FN3S. The van der Waals surface area contributed by atoms with Crippen LogP contribution in [-0.2, 0) is 6.54 Å². The van der Waals surface area contributed by atoms with E-state index in [1.165, 1.54) is 6.07 Å². The van der Waals surface area contributed by atoms with Crippen molar-refractivity contribution in [2.24, 2.45) is 4.99 Å². The molecule has 0 fully saturated rings. The van der Waals surface area contributed by atoms with Crippen LogP contribution < -0.4 is 0 Å². The quantitative estimate of drug-likeness (QED) is 0.501. The first-order valence-corrected chi connectivity index (χ1v) is 8.53. The molecule has 5 rings (SSSR count). The number of benzene rings is 2. The highest BCUT2D eigenvalue weighted by Crippen LogP contribution is 2.28. The molecule has 0 bridgehead atoms. The summed E-state index contributed by atoms with van der Waals surface area (Å²) in [6, 6.07) is 15.3. The molecule has 116 valence electrons. The average Bonchev–Trinajstić information content (AvgIpc) is 3.22. The topological polar surface area (TPSA) is 30.2 Å². The highest BCUT2D eigenvalue weighted by atomic mass is 32.1. The molecule has 0 atom stereocenters. The van der Waals surface area contributed by atoms with Gasteiger partial charge in [-0.15, -0.1) is 11.3 Å². The molecule has 24 heavy (non-hydrogen) atoms. The van der Waals surface area contributed by atoms with Gasteiger partial charge in [0.25, 0.3) is 0 Å². The predicted molar refractivity (Wildman–Crippen MR) is 94.7 cm³/mol. The van der Waals surface area contributed by atoms with E-state index in [9.17, 15) is 4.39 Å². The molecule has 1 aliphatic heterocycles. The summed E-state index contributed by atoms with van der Waals surface area (Å²) in [6.07, 6.45) is 1.95. The number of rotatable bonds is 1. The zero-order valence-corrected chi connectivity index (χ0v) is 13.4. The maximum atomic E-state index is 14.3. The van der Waals surface area contributed by atoms with E-state index in [1.807, 2.05) is 40.5 Å². The number of thiazole rings is 1. The Morgan fingerprint density at radius 2 is 2.04 bits per heavy atom. The second-order valence-electron chi connectivity index (χ2n) is 5.70. The summed E-state index contributed by atoms with van der Waals surface area (Å²) in [7, 11) is 0. The molecule has 0 amide bonds. The lowest BCUT2D eigenvalue weighted by atomic mass is 10.1. The summed E-state index contributed by atoms with van der Waals surface area (Å²) in [4.78, 5) is 9.12. The Bertz CT molecular complexity index is 1110. The number of halogens is 1. The number of fused-ring (bicyclic) bond motifs is 4. The van der Waals surface area contributed by atoms with Gasteiger partial charge in [0.05, 0.1) is 39.4 Å². The normalized spacial score (nSPS) is 13.3. The largest absolute Gasteiger partial charge is 0.315 e. The van der Waals surface area contributed by atoms with Crippen molar-refractivity contribution in [3.05, 3.63) is 82.9 Å². The minimum Gasteiger partial charge on any atom is -0.315 e. The van der Waals surface area contributed by atoms with Crippen molar-refractivity contribution >= 4 is 27.3 Å². The number of nitrogens with zero attached hydrogens (tertiary/aromatic N) is 3. The van der Waals surface area contributed by atoms with Crippen LogP contribution in [0.2, 0.25) is 0 Å². The van der Waals surface area contributed by atoms with Crippen molar-refractivity contribution in [1.82, 2.24) is 9.55 Å². The average molecular weight is 333 g/mol. The van der Waals surface area contributed by atoms with Crippen LogP contribution in [0.25, 0.3) is 15.9 Å². The Hall–Kier alpha value is -2.79. The smallest absolute Gasteiger partial charge is 0.130 e. The SMILES string of the molecule is Fc1cccc2c1CN=C(c1ccc3scnc3c1)c1cccn1-2. The predicted octanol–water partition coefficient (Wildman–Crippen LogP) is 4.58. The Morgan fingerprint density at radius 1 is 1.08 bits per heavy atom. The van der Waals surface area contributed by atoms with Crippen molar-refractivity contribution in [1.29, 1.82) is 0 Å². The summed E-state index contributed by atoms with van der Waals surface area (Å²) >= 11 is 1.62. The molecule has 0 spiro atoms. The Kier molecular flexibility index (Phi) is 2.90. The van der Waals surface area contributed by atoms with Gasteiger partial charge in [0.1, 0.15) is 5.82 Å². The van der Waals surface area contributed by atoms with Crippen LogP contribution in [0.1, 0.15) is 16.8 Å². The zero-order valence-electron chi connectivity index (χ0n) is 12.6. The van der Waals surface area contributed by atoms with E-state index in [4.69, 9.17) is 4.99 Å². The molecule has 0 radical (unpaired) electrons. The van der Waals surface area contributed by atoms with E-state index in [-0.39, 0.29) is 5.82 Å². The van der Waals surface area contributed by atoms with Gasteiger partial charge >= 0.3 is 0 Å². The van der Waals surface area contributed by atoms with E-state index in [2.05, 4.69) is 17.1 Å². The number of aliphatic imine (C=N–C) groups is 1. The standard InChI is InChI=1S/C19H12FN3S/c20-14-3-1-4-16-13(14)10-21-19(17-5-2-8-23(16)17)12-6-7-18-15(9-12)22-11-24-18/h1-9,11H,10H2. The Balaban J connectivity index is 1.75. The van der Waals surface area contributed by atoms with Gasteiger partial charge in [-0.25, -0.2) is 9.37 Å². The van der Waals surface area contributed by atoms with Crippen LogP contribution in [0.4, 0.5) is 4.39 Å². The van der Waals surface area contributed by atoms with E-state index < -0.39 is 0 Å². The molecule has 1 aliphatic rings. The summed E-state index contributed by atoms with van der Waals surface area (Å²) < 4.78 is 17.4. The molecule has 3 heterocycles. The van der Waals surface area contributed by atoms with Gasteiger partial charge in [-0.05, 0) is 36.4 Å². The highest BCUT2D eigenvalue weighted by Gasteiger charge is 2.20. The molecule has 0 N–H and O–H groups in total. The number of hydrogen-bond donors (Lipinski definition) is 0. The Morgan fingerprint density at radius 3 is 3.00 bits per heavy atom. The first-order valence-electron chi connectivity index (χ1n) is 7.65. The van der Waals surface area contributed by atoms with Gasteiger partial charge in [0, 0.05) is 17.3 Å². The van der Waals surface area contributed by atoms with Gasteiger partial charge in [-0.3, -0.25) is 4.99 Å². The molecular weight excluding hydrogens is 321 g/mol. The molecule has 4 aromatic rings. The van der Waals surface area contributed by atoms with Crippen molar-refractivity contribution < 1.29 is 4.39 Å². The third-order valence-electron chi connectivity index (χ3n) is 4.34. The number of hydrogen-bond acceptors (Lipinski definition) is 3. The highest BCUT2D eigenvalue weighted by molar-refractivity contribution is 7.16. The lowest BCUT2D eigenvalue weighted by molar-refractivity contribution is 0.609. The van der Waals surface area contributed by atoms with Crippen LogP contribution >= 0.6 is 11.3 Å². The van der Waals surface area contributed by atoms with Crippen LogP contribution in [0.3, 0.4) is 0 Å². The lowest BCUT2D eigenvalue weighted by Gasteiger charge is -2.11. The van der Waals surface area contributed by atoms with E-state index in [1.54, 1.807) is 17.4 Å². The first kappa shape index (κ1) is 13.6. The van der Waals surface area contributed by atoms with E-state index in [0.717, 1.165) is 32.9 Å². The molecule has 0 unspecified atom stereocenters. The number of aromatic nitrogens is 2. The van der Waals surface area contributed by atoms with E-state index >= 15 is 0 Å². The molecule has 2 aromatic carbocycles. The second kappa shape index (κ2) is 5.11. The maximum absolute atomic E-state index is 14.3. The summed E-state index contributed by atoms with van der Waals surface area (Å²) in [5, 5.41) is 0.